The fourth-order valence-electron chi connectivity index (χ4n) is 12.6. The molecule has 0 heterocycles. The number of hydrogen-bond donors (Lipinski definition) is 31. The smallest absolute Gasteiger partial charge is 0.315 e. The number of allylic oxidation sites excluding steroid dienone is 2. The minimum absolute atomic E-state index is 0.106. The molecule has 20 unspecified atom stereocenters. The van der Waals surface area contributed by atoms with Crippen molar-refractivity contribution in [1.29, 1.82) is 0 Å². The third-order valence-electron chi connectivity index (χ3n) is 16.1. The summed E-state index contributed by atoms with van der Waals surface area (Å²) in [4.78, 5) is 15.1. The first-order valence-corrected chi connectivity index (χ1v) is 26.0. The second-order valence-electron chi connectivity index (χ2n) is 20.3. The summed E-state index contributed by atoms with van der Waals surface area (Å²) in [5.41, 5.74) is -26.8. The van der Waals surface area contributed by atoms with Gasteiger partial charge in [-0.1, -0.05) is 51.2 Å². The third-order valence-corrected chi connectivity index (χ3v) is 16.1. The number of carbonyl (C=O) groups is 1. The van der Waals surface area contributed by atoms with Crippen LogP contribution in [0.15, 0.2) is 12.2 Å². The van der Waals surface area contributed by atoms with E-state index in [-0.39, 0.29) is 6.42 Å². The van der Waals surface area contributed by atoms with Gasteiger partial charge in [0, 0.05) is 10.8 Å². The number of rotatable bonds is 45. The van der Waals surface area contributed by atoms with Gasteiger partial charge in [0.15, 0.2) is 0 Å². The maximum absolute atomic E-state index is 15.1. The van der Waals surface area contributed by atoms with Crippen LogP contribution in [0.4, 0.5) is 0 Å². The number of aliphatic hydroxyl groups excluding tert-OH is 30. The fourth-order valence-corrected chi connectivity index (χ4v) is 12.6. The molecule has 0 amide bonds. The van der Waals surface area contributed by atoms with Gasteiger partial charge in [0.05, 0.1) is 126 Å². The Morgan fingerprint density at radius 3 is 0.838 bits per heavy atom. The van der Waals surface area contributed by atoms with Crippen molar-refractivity contribution in [2.45, 2.75) is 187 Å². The highest BCUT2D eigenvalue weighted by molar-refractivity contribution is 5.79. The van der Waals surface area contributed by atoms with E-state index in [1.165, 1.54) is 6.08 Å². The molecular formula is C48H94O32. The Balaban J connectivity index is 12.5. The lowest BCUT2D eigenvalue weighted by Gasteiger charge is -2.77. The van der Waals surface area contributed by atoms with Crippen LogP contribution < -0.4 is 0 Å². The van der Waals surface area contributed by atoms with Crippen molar-refractivity contribution in [2.24, 2.45) is 27.1 Å². The maximum Gasteiger partial charge on any atom is 0.315 e. The van der Waals surface area contributed by atoms with Crippen LogP contribution >= 0.6 is 0 Å². The average molecular weight is 1180 g/mol. The van der Waals surface area contributed by atoms with E-state index in [2.05, 4.69) is 0 Å². The van der Waals surface area contributed by atoms with Gasteiger partial charge in [0.1, 0.15) is 78.7 Å². The Hall–Kier alpha value is -1.99. The van der Waals surface area contributed by atoms with E-state index < -0.39 is 234 Å². The zero-order chi connectivity index (χ0) is 62.5. The van der Waals surface area contributed by atoms with Gasteiger partial charge < -0.3 is 158 Å². The molecule has 32 nitrogen and oxygen atoms in total. The van der Waals surface area contributed by atoms with E-state index >= 15 is 4.79 Å². The van der Waals surface area contributed by atoms with E-state index in [9.17, 15) is 158 Å². The number of unbranched alkanes of at least 4 members (excludes halogenated alkanes) is 6. The lowest BCUT2D eigenvalue weighted by Crippen LogP contribution is -2.92. The lowest BCUT2D eigenvalue weighted by atomic mass is 9.27. The molecule has 0 spiro atoms. The number of carboxylic acids is 1. The summed E-state index contributed by atoms with van der Waals surface area (Å²) in [5.74, 6) is -3.41. The van der Waals surface area contributed by atoms with Gasteiger partial charge in [-0.2, -0.15) is 0 Å². The van der Waals surface area contributed by atoms with E-state index in [0.717, 1.165) is 25.3 Å². The molecule has 0 aromatic carbocycles. The number of aliphatic hydroxyl groups is 30. The molecule has 0 aliphatic rings. The van der Waals surface area contributed by atoms with Crippen LogP contribution in [0.3, 0.4) is 0 Å². The molecule has 32 heteroatoms. The maximum atomic E-state index is 15.1. The normalized spacial score (nSPS) is 24.2. The van der Waals surface area contributed by atoms with Crippen molar-refractivity contribution >= 4 is 5.97 Å². The van der Waals surface area contributed by atoms with Gasteiger partial charge in [-0.05, 0) is 25.7 Å². The molecule has 0 aromatic rings. The Kier molecular flexibility index (Phi) is 34.6. The van der Waals surface area contributed by atoms with Crippen molar-refractivity contribution in [3.63, 3.8) is 0 Å². The first-order valence-electron chi connectivity index (χ1n) is 26.0. The molecule has 0 bridgehead atoms. The van der Waals surface area contributed by atoms with Crippen molar-refractivity contribution in [1.82, 2.24) is 0 Å². The minimum atomic E-state index is -5.71. The van der Waals surface area contributed by atoms with Crippen molar-refractivity contribution < 1.29 is 163 Å². The van der Waals surface area contributed by atoms with Gasteiger partial charge in [-0.3, -0.25) is 4.79 Å². The average Bonchev–Trinajstić information content (AvgIpc) is 3.47. The second-order valence-corrected chi connectivity index (χ2v) is 20.3. The molecule has 20 atom stereocenters. The lowest BCUT2D eigenvalue weighted by molar-refractivity contribution is -0.436. The van der Waals surface area contributed by atoms with Gasteiger partial charge in [-0.15, -0.1) is 0 Å². The fraction of sp³-hybridized carbons (Fsp3) is 0.938. The molecular weight excluding hydrogens is 1090 g/mol. The van der Waals surface area contributed by atoms with Crippen LogP contribution in [0.2, 0.25) is 0 Å². The van der Waals surface area contributed by atoms with Crippen LogP contribution in [0.1, 0.15) is 64.7 Å². The summed E-state index contributed by atoms with van der Waals surface area (Å²) in [6.07, 6.45) is -73.3. The topological polar surface area (TPSA) is 644 Å². The molecule has 0 radical (unpaired) electrons. The molecule has 0 aliphatic carbocycles. The quantitative estimate of drug-likeness (QED) is 0.0199. The zero-order valence-electron chi connectivity index (χ0n) is 44.4. The minimum Gasteiger partial charge on any atom is -0.481 e. The molecule has 0 saturated heterocycles. The molecule has 0 aromatic heterocycles. The highest BCUT2D eigenvalue weighted by atomic mass is 16.4. The summed E-state index contributed by atoms with van der Waals surface area (Å²) < 4.78 is 0. The molecule has 0 saturated carbocycles. The zero-order valence-corrected chi connectivity index (χ0v) is 44.4. The first-order chi connectivity index (χ1) is 37.4. The summed E-state index contributed by atoms with van der Waals surface area (Å²) >= 11 is 0. The highest BCUT2D eigenvalue weighted by Gasteiger charge is 2.91. The molecule has 0 fully saturated rings. The van der Waals surface area contributed by atoms with Crippen LogP contribution in [0.25, 0.3) is 0 Å². The Morgan fingerprint density at radius 2 is 0.550 bits per heavy atom. The van der Waals surface area contributed by atoms with Gasteiger partial charge in [0.2, 0.25) is 0 Å². The van der Waals surface area contributed by atoms with Crippen LogP contribution in [0.5, 0.6) is 0 Å². The van der Waals surface area contributed by atoms with E-state index in [4.69, 9.17) is 0 Å². The van der Waals surface area contributed by atoms with Gasteiger partial charge in [-0.25, -0.2) is 0 Å². The monoisotopic (exact) mass is 1180 g/mol. The number of carboxylic acid groups (broad SMARTS) is 1. The third kappa shape index (κ3) is 14.3. The molecule has 0 aliphatic heterocycles. The predicted octanol–water partition coefficient (Wildman–Crippen LogP) is -13.8. The largest absolute Gasteiger partial charge is 0.481 e. The highest BCUT2D eigenvalue weighted by Crippen LogP contribution is 2.77. The Labute approximate surface area is 460 Å². The molecule has 0 rings (SSSR count). The van der Waals surface area contributed by atoms with Gasteiger partial charge in [0.25, 0.3) is 0 Å². The van der Waals surface area contributed by atoms with Crippen molar-refractivity contribution in [3.05, 3.63) is 12.2 Å². The molecule has 31 N–H and O–H groups in total. The van der Waals surface area contributed by atoms with Crippen LogP contribution in [-0.2, 0) is 4.79 Å². The standard InChI is InChI=1S/C48H94O32/c1-2-3-4-5-6-7-8-9-10-11-12-44(33(69)23(59)13-49,34(70)24(60)14-50)46(37(73)27(63)17-53,38(74)28(64)18-54)48(41(77)31(67)21-57,42(78)32(68)22-58)47(39(75)29(65)19-55,40(76)30(66)20-56)45(43(79)80,35(71)25(61)15-51)36(72)26(62)16-52/h9-10,23-42,49-78H,2-8,11-22H2,1H3,(H,79,80)/b10-9-. The Bertz CT molecular complexity index is 1640. The number of hydrogen-bond acceptors (Lipinski definition) is 31. The number of aliphatic carboxylic acids is 1. The van der Waals surface area contributed by atoms with Crippen molar-refractivity contribution in [2.75, 3.05) is 66.1 Å². The van der Waals surface area contributed by atoms with E-state index in [0.29, 0.717) is 19.3 Å². The molecule has 478 valence electrons. The predicted molar refractivity (Wildman–Crippen MR) is 267 cm³/mol. The SMILES string of the molecule is CCCCCCCC/C=C\CCC(C(O)C(O)CO)(C(O)C(O)CO)C(C(O)C(O)CO)(C(O)C(O)CO)C(C(O)C(O)CO)(C(O)C(O)CO)C(C(O)C(O)CO)(C(O)C(O)CO)C(C(=O)O)(C(O)C(O)CO)C(O)C(O)CO. The second kappa shape index (κ2) is 35.5. The summed E-state index contributed by atoms with van der Waals surface area (Å²) in [5, 5.41) is 370. The van der Waals surface area contributed by atoms with Crippen LogP contribution in [-0.4, -0.2) is 352 Å². The van der Waals surface area contributed by atoms with Crippen LogP contribution in [0, 0.1) is 27.1 Å². The first kappa shape index (κ1) is 78.0. The van der Waals surface area contributed by atoms with Gasteiger partial charge >= 0.3 is 5.97 Å². The summed E-state index contributed by atoms with van der Waals surface area (Å²) in [7, 11) is 0. The van der Waals surface area contributed by atoms with E-state index in [1.54, 1.807) is 0 Å². The van der Waals surface area contributed by atoms with Crippen molar-refractivity contribution in [3.8, 4) is 0 Å². The summed E-state index contributed by atoms with van der Waals surface area (Å²) in [6, 6.07) is 0. The Morgan fingerprint density at radius 1 is 0.312 bits per heavy atom. The van der Waals surface area contributed by atoms with E-state index in [1.807, 2.05) is 6.92 Å². The molecule has 80 heavy (non-hydrogen) atoms. The summed E-state index contributed by atoms with van der Waals surface area (Å²) in [6.45, 7) is -19.4.